The van der Waals surface area contributed by atoms with E-state index in [9.17, 15) is 0 Å². The van der Waals surface area contributed by atoms with E-state index in [-0.39, 0.29) is 21.2 Å². The van der Waals surface area contributed by atoms with Gasteiger partial charge in [-0.1, -0.05) is 0 Å². The van der Waals surface area contributed by atoms with Crippen LogP contribution in [0.15, 0.2) is 4.99 Å². The van der Waals surface area contributed by atoms with Gasteiger partial charge in [-0.05, 0) is 0 Å². The number of hydrogen-bond acceptors (Lipinski definition) is 3. The Labute approximate surface area is 59.4 Å². The van der Waals surface area contributed by atoms with Crippen LogP contribution in [0.1, 0.15) is 0 Å². The van der Waals surface area contributed by atoms with Crippen molar-refractivity contribution < 1.29 is 21.2 Å². The van der Waals surface area contributed by atoms with Gasteiger partial charge in [0.2, 0.25) is 0 Å². The van der Waals surface area contributed by atoms with Crippen LogP contribution in [0.4, 0.5) is 0 Å². The molecular formula is C4H9IN3-. The Bertz CT molecular complexity index is 112. The molecule has 1 rings (SSSR count). The fourth-order valence-electron chi connectivity index (χ4n) is 0.498. The van der Waals surface area contributed by atoms with Gasteiger partial charge in [-0.25, -0.2) is 0 Å². The topological polar surface area (TPSA) is 27.6 Å². The van der Waals surface area contributed by atoms with Crippen LogP contribution in [0.25, 0.3) is 0 Å². The molecule has 1 aliphatic rings. The predicted octanol–water partition coefficient (Wildman–Crippen LogP) is -3.53. The first-order valence-corrected chi connectivity index (χ1v) is 5.58. The molecule has 0 radical (unpaired) electrons. The van der Waals surface area contributed by atoms with E-state index in [4.69, 9.17) is 0 Å². The van der Waals surface area contributed by atoms with Gasteiger partial charge in [0.05, 0.1) is 0 Å². The minimum atomic E-state index is 0.174. The second-order valence-corrected chi connectivity index (χ2v) is 3.69. The number of nitrogens with zero attached hydrogens (tertiary/aromatic N) is 2. The van der Waals surface area contributed by atoms with Crippen molar-refractivity contribution >= 4 is 3.84 Å². The first kappa shape index (κ1) is 6.28. The van der Waals surface area contributed by atoms with E-state index in [1.54, 1.807) is 0 Å². The summed E-state index contributed by atoms with van der Waals surface area (Å²) in [6.07, 6.45) is 0. The molecule has 1 aliphatic heterocycles. The van der Waals surface area contributed by atoms with E-state index in [1.165, 1.54) is 3.84 Å². The van der Waals surface area contributed by atoms with Crippen molar-refractivity contribution in [3.05, 3.63) is 0 Å². The minimum absolute atomic E-state index is 0.174. The summed E-state index contributed by atoms with van der Waals surface area (Å²) in [7, 11) is 2.00. The quantitative estimate of drug-likeness (QED) is 0.285. The summed E-state index contributed by atoms with van der Waals surface area (Å²) >= 11 is 0.174. The van der Waals surface area contributed by atoms with E-state index in [2.05, 4.69) is 15.3 Å². The number of amidine groups is 1. The van der Waals surface area contributed by atoms with Gasteiger partial charge in [-0.15, -0.1) is 0 Å². The summed E-state index contributed by atoms with van der Waals surface area (Å²) in [5.41, 5.74) is 3.14. The van der Waals surface area contributed by atoms with Crippen LogP contribution in [0.3, 0.4) is 0 Å². The zero-order valence-electron chi connectivity index (χ0n) is 4.98. The van der Waals surface area contributed by atoms with Gasteiger partial charge in [-0.3, -0.25) is 0 Å². The van der Waals surface area contributed by atoms with Crippen LogP contribution in [0, 0.1) is 0 Å². The van der Waals surface area contributed by atoms with E-state index < -0.39 is 0 Å². The van der Waals surface area contributed by atoms with Crippen molar-refractivity contribution in [2.24, 2.45) is 4.99 Å². The average molecular weight is 226 g/mol. The molecule has 3 nitrogen and oxygen atoms in total. The molecule has 8 heavy (non-hydrogen) atoms. The summed E-state index contributed by atoms with van der Waals surface area (Å²) in [5, 5.41) is 1.98. The average Bonchev–Trinajstić information content (AvgIpc) is 2.14. The van der Waals surface area contributed by atoms with Gasteiger partial charge in [0.15, 0.2) is 0 Å². The number of nitrogens with one attached hydrogen (secondary N) is 1. The monoisotopic (exact) mass is 226 g/mol. The zero-order valence-corrected chi connectivity index (χ0v) is 7.14. The predicted molar refractivity (Wildman–Crippen MR) is 29.1 cm³/mol. The van der Waals surface area contributed by atoms with E-state index in [0.29, 0.717) is 0 Å². The molecule has 0 saturated carbocycles. The molecule has 0 saturated heterocycles. The van der Waals surface area contributed by atoms with Gasteiger partial charge in [0, 0.05) is 0 Å². The molecule has 1 N–H and O–H groups in total. The molecule has 0 atom stereocenters. The van der Waals surface area contributed by atoms with Crippen LogP contribution in [0.2, 0.25) is 0 Å². The fourth-order valence-corrected chi connectivity index (χ4v) is 1.65. The first-order chi connectivity index (χ1) is 3.83. The van der Waals surface area contributed by atoms with Gasteiger partial charge < -0.3 is 0 Å². The summed E-state index contributed by atoms with van der Waals surface area (Å²) in [6, 6.07) is 0. The van der Waals surface area contributed by atoms with Gasteiger partial charge in [-0.2, -0.15) is 0 Å². The third kappa shape index (κ3) is 1.32. The van der Waals surface area contributed by atoms with Crippen molar-refractivity contribution in [2.75, 3.05) is 18.6 Å². The molecule has 0 aliphatic carbocycles. The van der Waals surface area contributed by atoms with E-state index in [0.717, 1.165) is 6.67 Å². The molecule has 4 heteroatoms. The molecule has 1 heterocycles. The molecule has 0 unspecified atom stereocenters. The molecule has 0 fully saturated rings. The molecule has 0 aromatic rings. The first-order valence-electron chi connectivity index (χ1n) is 2.34. The third-order valence-corrected chi connectivity index (χ3v) is 2.49. The van der Waals surface area contributed by atoms with Gasteiger partial charge >= 0.3 is 59.1 Å². The second-order valence-electron chi connectivity index (χ2n) is 1.59. The Morgan fingerprint density at radius 3 is 2.88 bits per heavy atom. The molecule has 0 bridgehead atoms. The van der Waals surface area contributed by atoms with Crippen molar-refractivity contribution in [1.82, 2.24) is 10.4 Å². The van der Waals surface area contributed by atoms with Crippen molar-refractivity contribution in [3.8, 4) is 0 Å². The molecular weight excluding hydrogens is 217 g/mol. The van der Waals surface area contributed by atoms with E-state index in [1.807, 2.05) is 12.1 Å². The molecule has 0 spiro atoms. The van der Waals surface area contributed by atoms with Crippen LogP contribution in [-0.4, -0.2) is 27.5 Å². The number of hydrazine groups is 1. The van der Waals surface area contributed by atoms with Crippen LogP contribution < -0.4 is 26.6 Å². The van der Waals surface area contributed by atoms with Crippen molar-refractivity contribution in [2.45, 2.75) is 0 Å². The maximum absolute atomic E-state index is 4.22. The van der Waals surface area contributed by atoms with Crippen LogP contribution >= 0.6 is 0 Å². The summed E-state index contributed by atoms with van der Waals surface area (Å²) in [6.45, 7) is 0.822. The Balaban J connectivity index is 2.37. The van der Waals surface area contributed by atoms with E-state index >= 15 is 0 Å². The number of alkyl halides is 1. The number of halogens is 1. The molecule has 0 aromatic heterocycles. The Morgan fingerprint density at radius 2 is 2.62 bits per heavy atom. The second kappa shape index (κ2) is 2.63. The SMILES string of the molecule is C[I-]C1=NCN(C)N1. The number of hydrogen-bond donors (Lipinski definition) is 1. The molecule has 0 aromatic carbocycles. The van der Waals surface area contributed by atoms with Crippen molar-refractivity contribution in [1.29, 1.82) is 0 Å². The summed E-state index contributed by atoms with van der Waals surface area (Å²) in [5.74, 6) is 0. The number of aliphatic imine (C=N–C) groups is 1. The summed E-state index contributed by atoms with van der Waals surface area (Å²) < 4.78 is 1.20. The van der Waals surface area contributed by atoms with Crippen LogP contribution in [0.5, 0.6) is 0 Å². The third-order valence-electron chi connectivity index (χ3n) is 0.884. The fraction of sp³-hybridized carbons (Fsp3) is 0.750. The van der Waals surface area contributed by atoms with Crippen molar-refractivity contribution in [3.63, 3.8) is 0 Å². The normalized spacial score (nSPS) is 21.0. The molecule has 48 valence electrons. The maximum atomic E-state index is 4.22. The standard InChI is InChI=1S/C4H9IN3/c1-5-4-6-3-8(2)7-4/h3H2,1-2H3,(H,6,7)/q-1. The Hall–Kier alpha value is 0.160. The van der Waals surface area contributed by atoms with Gasteiger partial charge in [0.25, 0.3) is 0 Å². The molecule has 0 amide bonds. The van der Waals surface area contributed by atoms with Crippen LogP contribution in [-0.2, 0) is 0 Å². The van der Waals surface area contributed by atoms with Gasteiger partial charge in [0.1, 0.15) is 0 Å². The Kier molecular flexibility index (Phi) is 2.07. The Morgan fingerprint density at radius 1 is 1.88 bits per heavy atom. The zero-order chi connectivity index (χ0) is 5.98. The number of rotatable bonds is 1. The summed E-state index contributed by atoms with van der Waals surface area (Å²) in [4.78, 5) is 6.41.